The summed E-state index contributed by atoms with van der Waals surface area (Å²) in [4.78, 5) is 9.44. The lowest BCUT2D eigenvalue weighted by Gasteiger charge is -2.11. The molecule has 1 aliphatic rings. The van der Waals surface area contributed by atoms with E-state index < -0.39 is 7.82 Å². The van der Waals surface area contributed by atoms with Crippen LogP contribution >= 0.6 is 7.82 Å². The average molecular weight is 292 g/mol. The van der Waals surface area contributed by atoms with Crippen molar-refractivity contribution in [2.75, 3.05) is 13.2 Å². The Bertz CT molecular complexity index is 236. The Labute approximate surface area is 117 Å². The van der Waals surface area contributed by atoms with Gasteiger partial charge in [0.1, 0.15) is 0 Å². The predicted octanol–water partition coefficient (Wildman–Crippen LogP) is 4.81. The zero-order valence-corrected chi connectivity index (χ0v) is 12.9. The lowest BCUT2D eigenvalue weighted by Crippen LogP contribution is -1.99. The fourth-order valence-corrected chi connectivity index (χ4v) is 3.16. The van der Waals surface area contributed by atoms with E-state index in [1.165, 1.54) is 51.4 Å². The van der Waals surface area contributed by atoms with E-state index in [0.29, 0.717) is 13.2 Å². The van der Waals surface area contributed by atoms with Gasteiger partial charge in [-0.3, -0.25) is 9.05 Å². The Balaban J connectivity index is 2.22. The van der Waals surface area contributed by atoms with Crippen LogP contribution < -0.4 is 0 Å². The van der Waals surface area contributed by atoms with E-state index in [9.17, 15) is 9.46 Å². The minimum Gasteiger partial charge on any atom is -0.302 e. The predicted molar refractivity (Wildman–Crippen MR) is 77.1 cm³/mol. The van der Waals surface area contributed by atoms with E-state index >= 15 is 0 Å². The molecule has 0 spiro atoms. The van der Waals surface area contributed by atoms with Crippen molar-refractivity contribution in [3.05, 3.63) is 0 Å². The number of hydrogen-bond donors (Lipinski definition) is 1. The summed E-state index contributed by atoms with van der Waals surface area (Å²) in [7, 11) is -3.79. The molecule has 0 radical (unpaired) electrons. The SMILES string of the molecule is O=P1(O)OCCCCCCCCCCCCCCO1. The molecule has 1 rings (SSSR count). The highest BCUT2D eigenvalue weighted by atomic mass is 31.2. The van der Waals surface area contributed by atoms with Crippen LogP contribution in [-0.4, -0.2) is 18.1 Å². The van der Waals surface area contributed by atoms with E-state index in [0.717, 1.165) is 25.7 Å². The van der Waals surface area contributed by atoms with Gasteiger partial charge in [0, 0.05) is 0 Å². The first-order valence-electron chi connectivity index (χ1n) is 7.83. The van der Waals surface area contributed by atoms with Crippen molar-refractivity contribution in [2.45, 2.75) is 77.0 Å². The molecule has 1 saturated heterocycles. The number of hydrogen-bond acceptors (Lipinski definition) is 3. The normalized spacial score (nSPS) is 25.5. The molecule has 114 valence electrons. The van der Waals surface area contributed by atoms with Gasteiger partial charge in [-0.25, -0.2) is 4.57 Å². The Kier molecular flexibility index (Phi) is 9.80. The van der Waals surface area contributed by atoms with Crippen LogP contribution in [0, 0.1) is 0 Å². The monoisotopic (exact) mass is 292 g/mol. The number of phosphoric ester groups is 1. The van der Waals surface area contributed by atoms with Crippen LogP contribution in [0.1, 0.15) is 77.0 Å². The van der Waals surface area contributed by atoms with Crippen LogP contribution in [0.2, 0.25) is 0 Å². The number of phosphoric acid groups is 1. The van der Waals surface area contributed by atoms with Gasteiger partial charge in [0.15, 0.2) is 0 Å². The Morgan fingerprint density at radius 2 is 0.842 bits per heavy atom. The van der Waals surface area contributed by atoms with E-state index in [1.54, 1.807) is 0 Å². The highest BCUT2D eigenvalue weighted by Gasteiger charge is 2.19. The summed E-state index contributed by atoms with van der Waals surface area (Å²) < 4.78 is 21.4. The first-order valence-corrected chi connectivity index (χ1v) is 9.32. The van der Waals surface area contributed by atoms with Crippen LogP contribution in [0.25, 0.3) is 0 Å². The quantitative estimate of drug-likeness (QED) is 0.651. The molecule has 0 atom stereocenters. The smallest absolute Gasteiger partial charge is 0.302 e. The Hall–Kier alpha value is 0.110. The van der Waals surface area contributed by atoms with Gasteiger partial charge in [0.2, 0.25) is 0 Å². The van der Waals surface area contributed by atoms with E-state index in [2.05, 4.69) is 0 Å². The molecule has 19 heavy (non-hydrogen) atoms. The van der Waals surface area contributed by atoms with E-state index in [1.807, 2.05) is 0 Å². The lowest BCUT2D eigenvalue weighted by atomic mass is 10.1. The third kappa shape index (κ3) is 10.5. The molecule has 0 saturated carbocycles. The molecular formula is C14H29O4P. The molecule has 0 aromatic heterocycles. The lowest BCUT2D eigenvalue weighted by molar-refractivity contribution is 0.145. The fourth-order valence-electron chi connectivity index (χ4n) is 2.37. The second-order valence-corrected chi connectivity index (χ2v) is 6.83. The van der Waals surface area contributed by atoms with Crippen molar-refractivity contribution in [3.8, 4) is 0 Å². The zero-order valence-electron chi connectivity index (χ0n) is 12.0. The molecule has 0 aliphatic carbocycles. The van der Waals surface area contributed by atoms with Crippen LogP contribution in [0.4, 0.5) is 0 Å². The summed E-state index contributed by atoms with van der Waals surface area (Å²) in [5.74, 6) is 0. The summed E-state index contributed by atoms with van der Waals surface area (Å²) in [6.07, 6.45) is 14.1. The summed E-state index contributed by atoms with van der Waals surface area (Å²) in [6.45, 7) is 0.654. The minimum atomic E-state index is -3.79. The van der Waals surface area contributed by atoms with Crippen molar-refractivity contribution >= 4 is 7.82 Å². The van der Waals surface area contributed by atoms with Gasteiger partial charge >= 0.3 is 7.82 Å². The molecule has 0 aromatic carbocycles. The molecule has 1 fully saturated rings. The molecule has 5 heteroatoms. The molecular weight excluding hydrogens is 263 g/mol. The first kappa shape index (κ1) is 17.2. The van der Waals surface area contributed by atoms with E-state index in [4.69, 9.17) is 9.05 Å². The standard InChI is InChI=1S/C14H29O4P/c15-19(16)17-13-11-9-7-5-3-1-2-4-6-8-10-12-14-18-19/h1-14H2,(H,15,16). The third-order valence-corrected chi connectivity index (χ3v) is 4.57. The van der Waals surface area contributed by atoms with Gasteiger partial charge in [0.05, 0.1) is 13.2 Å². The summed E-state index contributed by atoms with van der Waals surface area (Å²) in [5, 5.41) is 0. The molecule has 0 aromatic rings. The summed E-state index contributed by atoms with van der Waals surface area (Å²) >= 11 is 0. The molecule has 0 unspecified atom stereocenters. The van der Waals surface area contributed by atoms with Crippen molar-refractivity contribution in [3.63, 3.8) is 0 Å². The third-order valence-electron chi connectivity index (χ3n) is 3.55. The van der Waals surface area contributed by atoms with Crippen LogP contribution in [0.3, 0.4) is 0 Å². The fraction of sp³-hybridized carbons (Fsp3) is 1.00. The maximum Gasteiger partial charge on any atom is 0.472 e. The average Bonchev–Trinajstić information content (AvgIpc) is 2.37. The summed E-state index contributed by atoms with van der Waals surface area (Å²) in [5.41, 5.74) is 0. The molecule has 4 nitrogen and oxygen atoms in total. The van der Waals surface area contributed by atoms with Crippen molar-refractivity contribution < 1.29 is 18.5 Å². The van der Waals surface area contributed by atoms with Gasteiger partial charge in [-0.05, 0) is 12.8 Å². The zero-order chi connectivity index (χ0) is 13.8. The molecule has 0 bridgehead atoms. The van der Waals surface area contributed by atoms with Crippen LogP contribution in [0.15, 0.2) is 0 Å². The highest BCUT2D eigenvalue weighted by molar-refractivity contribution is 7.47. The molecule has 0 amide bonds. The van der Waals surface area contributed by atoms with Gasteiger partial charge in [-0.1, -0.05) is 64.2 Å². The molecule has 1 aliphatic heterocycles. The van der Waals surface area contributed by atoms with Gasteiger partial charge < -0.3 is 4.89 Å². The van der Waals surface area contributed by atoms with Gasteiger partial charge in [-0.2, -0.15) is 0 Å². The van der Waals surface area contributed by atoms with Gasteiger partial charge in [0.25, 0.3) is 0 Å². The summed E-state index contributed by atoms with van der Waals surface area (Å²) in [6, 6.07) is 0. The number of rotatable bonds is 0. The van der Waals surface area contributed by atoms with Crippen molar-refractivity contribution in [1.29, 1.82) is 0 Å². The van der Waals surface area contributed by atoms with Crippen molar-refractivity contribution in [2.24, 2.45) is 0 Å². The van der Waals surface area contributed by atoms with Gasteiger partial charge in [-0.15, -0.1) is 0 Å². The maximum absolute atomic E-state index is 11.5. The van der Waals surface area contributed by atoms with Crippen molar-refractivity contribution in [1.82, 2.24) is 0 Å². The topological polar surface area (TPSA) is 55.8 Å². The first-order chi connectivity index (χ1) is 9.21. The molecule has 1 N–H and O–H groups in total. The Morgan fingerprint density at radius 3 is 1.16 bits per heavy atom. The second-order valence-electron chi connectivity index (χ2n) is 5.38. The highest BCUT2D eigenvalue weighted by Crippen LogP contribution is 2.43. The second kappa shape index (κ2) is 10.8. The van der Waals surface area contributed by atoms with E-state index in [-0.39, 0.29) is 0 Å². The minimum absolute atomic E-state index is 0.327. The van der Waals surface area contributed by atoms with Crippen LogP contribution in [0.5, 0.6) is 0 Å². The van der Waals surface area contributed by atoms with Crippen LogP contribution in [-0.2, 0) is 13.6 Å². The Morgan fingerprint density at radius 1 is 0.579 bits per heavy atom. The molecule has 1 heterocycles. The maximum atomic E-state index is 11.5. The largest absolute Gasteiger partial charge is 0.472 e.